The lowest BCUT2D eigenvalue weighted by Gasteiger charge is -2.15. The highest BCUT2D eigenvalue weighted by molar-refractivity contribution is 6.02. The summed E-state index contributed by atoms with van der Waals surface area (Å²) in [6.07, 6.45) is 1.64. The molecular formula is C14H17FN2O5. The molecule has 0 aromatic carbocycles. The SMILES string of the molecule is CCc1c(F)cnc(OC(=O)C(NC(C)=O)C(=O)O)c1CC. The molecule has 120 valence electrons. The van der Waals surface area contributed by atoms with Gasteiger partial charge in [-0.25, -0.2) is 19.0 Å². The number of hydrogen-bond donors (Lipinski definition) is 2. The largest absolute Gasteiger partial charge is 0.479 e. The topological polar surface area (TPSA) is 106 Å². The fraction of sp³-hybridized carbons (Fsp3) is 0.429. The predicted molar refractivity (Wildman–Crippen MR) is 73.8 cm³/mol. The van der Waals surface area contributed by atoms with E-state index in [1.165, 1.54) is 0 Å². The van der Waals surface area contributed by atoms with Crippen LogP contribution in [0.15, 0.2) is 6.20 Å². The Morgan fingerprint density at radius 3 is 2.36 bits per heavy atom. The van der Waals surface area contributed by atoms with Gasteiger partial charge in [0.05, 0.1) is 6.20 Å². The van der Waals surface area contributed by atoms with Crippen molar-refractivity contribution in [2.24, 2.45) is 0 Å². The van der Waals surface area contributed by atoms with Gasteiger partial charge < -0.3 is 15.2 Å². The monoisotopic (exact) mass is 312 g/mol. The van der Waals surface area contributed by atoms with Crippen LogP contribution in [0.2, 0.25) is 0 Å². The Morgan fingerprint density at radius 1 is 1.32 bits per heavy atom. The minimum absolute atomic E-state index is 0.151. The zero-order chi connectivity index (χ0) is 16.9. The number of carbonyl (C=O) groups is 3. The second-order valence-corrected chi connectivity index (χ2v) is 4.47. The first kappa shape index (κ1) is 17.5. The Labute approximate surface area is 126 Å². The number of nitrogens with one attached hydrogen (secondary N) is 1. The van der Waals surface area contributed by atoms with Crippen molar-refractivity contribution in [1.29, 1.82) is 0 Å². The molecule has 0 aliphatic carbocycles. The molecule has 1 rings (SSSR count). The van der Waals surface area contributed by atoms with Crippen LogP contribution in [0.1, 0.15) is 31.9 Å². The second-order valence-electron chi connectivity index (χ2n) is 4.47. The number of ether oxygens (including phenoxy) is 1. The van der Waals surface area contributed by atoms with E-state index in [2.05, 4.69) is 4.98 Å². The molecule has 22 heavy (non-hydrogen) atoms. The maximum atomic E-state index is 13.7. The zero-order valence-electron chi connectivity index (χ0n) is 12.5. The highest BCUT2D eigenvalue weighted by Gasteiger charge is 2.30. The summed E-state index contributed by atoms with van der Waals surface area (Å²) in [4.78, 5) is 37.5. The van der Waals surface area contributed by atoms with E-state index in [0.29, 0.717) is 24.0 Å². The summed E-state index contributed by atoms with van der Waals surface area (Å²) in [7, 11) is 0. The van der Waals surface area contributed by atoms with Gasteiger partial charge >= 0.3 is 11.9 Å². The lowest BCUT2D eigenvalue weighted by Crippen LogP contribution is -2.47. The van der Waals surface area contributed by atoms with Gasteiger partial charge in [0.2, 0.25) is 17.8 Å². The molecule has 0 saturated heterocycles. The van der Waals surface area contributed by atoms with Crippen LogP contribution in [0.5, 0.6) is 5.88 Å². The zero-order valence-corrected chi connectivity index (χ0v) is 12.5. The first-order chi connectivity index (χ1) is 10.3. The number of rotatable bonds is 6. The fourth-order valence-electron chi connectivity index (χ4n) is 1.96. The van der Waals surface area contributed by atoms with Crippen molar-refractivity contribution in [2.75, 3.05) is 0 Å². The highest BCUT2D eigenvalue weighted by atomic mass is 19.1. The number of carboxylic acids is 1. The van der Waals surface area contributed by atoms with Gasteiger partial charge in [0.15, 0.2) is 0 Å². The first-order valence-electron chi connectivity index (χ1n) is 6.69. The average molecular weight is 312 g/mol. The first-order valence-corrected chi connectivity index (χ1v) is 6.69. The van der Waals surface area contributed by atoms with Gasteiger partial charge in [-0.05, 0) is 18.4 Å². The van der Waals surface area contributed by atoms with Crippen molar-refractivity contribution in [1.82, 2.24) is 10.3 Å². The molecule has 1 heterocycles. The summed E-state index contributed by atoms with van der Waals surface area (Å²) in [5, 5.41) is 10.9. The molecule has 1 unspecified atom stereocenters. The van der Waals surface area contributed by atoms with Gasteiger partial charge in [0.25, 0.3) is 0 Å². The second kappa shape index (κ2) is 7.48. The van der Waals surface area contributed by atoms with Crippen molar-refractivity contribution in [2.45, 2.75) is 39.7 Å². The molecule has 0 bridgehead atoms. The van der Waals surface area contributed by atoms with Gasteiger partial charge in [-0.15, -0.1) is 0 Å². The Hall–Kier alpha value is -2.51. The molecular weight excluding hydrogens is 295 g/mol. The minimum atomic E-state index is -1.85. The van der Waals surface area contributed by atoms with Crippen LogP contribution in [0.3, 0.4) is 0 Å². The standard InChI is InChI=1S/C14H17FN2O5/c1-4-8-9(5-2)12(16-6-10(8)15)22-14(21)11(13(19)20)17-7(3)18/h6,11H,4-5H2,1-3H3,(H,17,18)(H,19,20). The number of aromatic nitrogens is 1. The third-order valence-corrected chi connectivity index (χ3v) is 2.94. The molecule has 8 heteroatoms. The number of esters is 1. The maximum absolute atomic E-state index is 13.7. The molecule has 1 aromatic heterocycles. The predicted octanol–water partition coefficient (Wildman–Crippen LogP) is 0.840. The molecule has 0 saturated carbocycles. The molecule has 1 aromatic rings. The van der Waals surface area contributed by atoms with E-state index >= 15 is 0 Å². The van der Waals surface area contributed by atoms with Crippen LogP contribution < -0.4 is 10.1 Å². The fourth-order valence-corrected chi connectivity index (χ4v) is 1.96. The number of amides is 1. The molecule has 1 atom stereocenters. The summed E-state index contributed by atoms with van der Waals surface area (Å²) in [6, 6.07) is -1.85. The summed E-state index contributed by atoms with van der Waals surface area (Å²) < 4.78 is 18.6. The number of halogens is 1. The molecule has 1 amide bonds. The Morgan fingerprint density at radius 2 is 1.91 bits per heavy atom. The molecule has 0 radical (unpaired) electrons. The van der Waals surface area contributed by atoms with Crippen molar-refractivity contribution in [3.63, 3.8) is 0 Å². The summed E-state index contributed by atoms with van der Waals surface area (Å²) in [5.41, 5.74) is 0.745. The van der Waals surface area contributed by atoms with E-state index in [9.17, 15) is 18.8 Å². The number of pyridine rings is 1. The van der Waals surface area contributed by atoms with Gasteiger partial charge in [-0.2, -0.15) is 0 Å². The van der Waals surface area contributed by atoms with Gasteiger partial charge in [-0.3, -0.25) is 4.79 Å². The molecule has 7 nitrogen and oxygen atoms in total. The van der Waals surface area contributed by atoms with Crippen molar-refractivity contribution in [3.05, 3.63) is 23.1 Å². The third kappa shape index (κ3) is 4.00. The quantitative estimate of drug-likeness (QED) is 0.595. The maximum Gasteiger partial charge on any atom is 0.347 e. The molecule has 0 aliphatic heterocycles. The van der Waals surface area contributed by atoms with Crippen molar-refractivity contribution in [3.8, 4) is 5.88 Å². The number of aliphatic carboxylic acids is 1. The molecule has 0 fully saturated rings. The minimum Gasteiger partial charge on any atom is -0.479 e. The summed E-state index contributed by atoms with van der Waals surface area (Å²) in [5.74, 6) is -4.12. The van der Waals surface area contributed by atoms with E-state index in [0.717, 1.165) is 13.1 Å². The number of nitrogens with zero attached hydrogens (tertiary/aromatic N) is 1. The van der Waals surface area contributed by atoms with Crippen LogP contribution in [0, 0.1) is 5.82 Å². The Balaban J connectivity index is 3.10. The molecule has 0 spiro atoms. The van der Waals surface area contributed by atoms with E-state index in [1.807, 2.05) is 5.32 Å². The van der Waals surface area contributed by atoms with Crippen LogP contribution in [0.4, 0.5) is 4.39 Å². The number of carbonyl (C=O) groups excluding carboxylic acids is 2. The number of hydrogen-bond acceptors (Lipinski definition) is 5. The summed E-state index contributed by atoms with van der Waals surface area (Å²) >= 11 is 0. The van der Waals surface area contributed by atoms with Crippen LogP contribution in [0.25, 0.3) is 0 Å². The smallest absolute Gasteiger partial charge is 0.347 e. The van der Waals surface area contributed by atoms with Crippen LogP contribution in [-0.2, 0) is 27.2 Å². The van der Waals surface area contributed by atoms with E-state index in [1.54, 1.807) is 13.8 Å². The molecule has 2 N–H and O–H groups in total. The normalized spacial score (nSPS) is 11.6. The Kier molecular flexibility index (Phi) is 5.97. The van der Waals surface area contributed by atoms with Gasteiger partial charge in [0.1, 0.15) is 5.82 Å². The third-order valence-electron chi connectivity index (χ3n) is 2.94. The number of carboxylic acid groups (broad SMARTS) is 1. The lowest BCUT2D eigenvalue weighted by molar-refractivity contribution is -0.151. The summed E-state index contributed by atoms with van der Waals surface area (Å²) in [6.45, 7) is 4.54. The van der Waals surface area contributed by atoms with Crippen molar-refractivity contribution >= 4 is 17.8 Å². The average Bonchev–Trinajstić information content (AvgIpc) is 2.45. The highest BCUT2D eigenvalue weighted by Crippen LogP contribution is 2.23. The van der Waals surface area contributed by atoms with E-state index < -0.39 is 29.7 Å². The van der Waals surface area contributed by atoms with Crippen molar-refractivity contribution < 1.29 is 28.6 Å². The van der Waals surface area contributed by atoms with Gasteiger partial charge in [-0.1, -0.05) is 13.8 Å². The van der Waals surface area contributed by atoms with E-state index in [-0.39, 0.29) is 5.88 Å². The van der Waals surface area contributed by atoms with E-state index in [4.69, 9.17) is 9.84 Å². The van der Waals surface area contributed by atoms with Gasteiger partial charge in [0, 0.05) is 12.5 Å². The van der Waals surface area contributed by atoms with Crippen LogP contribution >= 0.6 is 0 Å². The van der Waals surface area contributed by atoms with Crippen LogP contribution in [-0.4, -0.2) is 34.0 Å². The molecule has 0 aliphatic rings. The lowest BCUT2D eigenvalue weighted by atomic mass is 10.0. The Bertz CT molecular complexity index is 603.